The molecule has 118 valence electrons. The first-order valence-corrected chi connectivity index (χ1v) is 6.97. The Bertz CT molecular complexity index is 776. The van der Waals surface area contributed by atoms with Crippen molar-refractivity contribution in [1.82, 2.24) is 5.32 Å². The van der Waals surface area contributed by atoms with Crippen molar-refractivity contribution in [3.63, 3.8) is 0 Å². The maximum absolute atomic E-state index is 12.9. The number of hydrogen-bond donors (Lipinski definition) is 2. The third-order valence-corrected chi connectivity index (χ3v) is 3.88. The van der Waals surface area contributed by atoms with Crippen molar-refractivity contribution in [2.75, 3.05) is 0 Å². The normalized spacial score (nSPS) is 19.2. The maximum Gasteiger partial charge on any atom is 0.269 e. The minimum absolute atomic E-state index is 0.0983. The zero-order valence-electron chi connectivity index (χ0n) is 11.9. The molecule has 0 saturated heterocycles. The lowest BCUT2D eigenvalue weighted by atomic mass is 10.1. The van der Waals surface area contributed by atoms with Gasteiger partial charge in [0.05, 0.1) is 17.1 Å². The number of fused-ring (bicyclic) bond motifs is 1. The van der Waals surface area contributed by atoms with E-state index in [0.29, 0.717) is 12.0 Å². The van der Waals surface area contributed by atoms with E-state index in [-0.39, 0.29) is 11.3 Å². The molecule has 1 aliphatic carbocycles. The maximum atomic E-state index is 12.9. The molecule has 1 amide bonds. The molecule has 6 nitrogen and oxygen atoms in total. The summed E-state index contributed by atoms with van der Waals surface area (Å²) in [4.78, 5) is 22.6. The summed E-state index contributed by atoms with van der Waals surface area (Å²) in [6.45, 7) is 0. The first kappa shape index (κ1) is 15.1. The number of nitro groups is 1. The lowest BCUT2D eigenvalue weighted by molar-refractivity contribution is -0.384. The topological polar surface area (TPSA) is 92.5 Å². The van der Waals surface area contributed by atoms with Gasteiger partial charge in [0.2, 0.25) is 0 Å². The minimum atomic E-state index is -0.864. The van der Waals surface area contributed by atoms with Gasteiger partial charge in [0.15, 0.2) is 0 Å². The van der Waals surface area contributed by atoms with Gasteiger partial charge in [0, 0.05) is 24.1 Å². The van der Waals surface area contributed by atoms with Crippen molar-refractivity contribution >= 4 is 11.6 Å². The average molecular weight is 316 g/mol. The largest absolute Gasteiger partial charge is 0.390 e. The molecule has 3 rings (SSSR count). The molecule has 0 spiro atoms. The van der Waals surface area contributed by atoms with Crippen LogP contribution in [0.25, 0.3) is 0 Å². The summed E-state index contributed by atoms with van der Waals surface area (Å²) in [7, 11) is 0. The number of hydrogen-bond acceptors (Lipinski definition) is 4. The van der Waals surface area contributed by atoms with Gasteiger partial charge in [-0.25, -0.2) is 4.39 Å². The predicted octanol–water partition coefficient (Wildman–Crippen LogP) is 2.12. The summed E-state index contributed by atoms with van der Waals surface area (Å²) in [6, 6.07) is 8.58. The Morgan fingerprint density at radius 2 is 1.96 bits per heavy atom. The molecule has 23 heavy (non-hydrogen) atoms. The SMILES string of the molecule is O=C(NC1c2cc([N+](=O)[O-])ccc2CC1O)c1ccc(F)cc1. The summed E-state index contributed by atoms with van der Waals surface area (Å²) >= 11 is 0. The molecular weight excluding hydrogens is 303 g/mol. The first-order chi connectivity index (χ1) is 11.0. The number of benzene rings is 2. The van der Waals surface area contributed by atoms with Crippen molar-refractivity contribution < 1.29 is 19.2 Å². The van der Waals surface area contributed by atoms with Crippen LogP contribution in [0.2, 0.25) is 0 Å². The van der Waals surface area contributed by atoms with Gasteiger partial charge in [-0.05, 0) is 35.4 Å². The number of amides is 1. The molecule has 2 aromatic rings. The summed E-state index contributed by atoms with van der Waals surface area (Å²) in [5.41, 5.74) is 1.44. The molecular formula is C16H13FN2O4. The third-order valence-electron chi connectivity index (χ3n) is 3.88. The Morgan fingerprint density at radius 3 is 2.61 bits per heavy atom. The van der Waals surface area contributed by atoms with Crippen LogP contribution in [0.3, 0.4) is 0 Å². The molecule has 0 bridgehead atoms. The van der Waals surface area contributed by atoms with Crippen LogP contribution in [0, 0.1) is 15.9 Å². The molecule has 0 saturated carbocycles. The number of rotatable bonds is 3. The Hall–Kier alpha value is -2.80. The van der Waals surface area contributed by atoms with E-state index in [1.54, 1.807) is 6.07 Å². The van der Waals surface area contributed by atoms with Gasteiger partial charge in [-0.1, -0.05) is 6.07 Å². The van der Waals surface area contributed by atoms with E-state index in [4.69, 9.17) is 0 Å². The molecule has 0 radical (unpaired) electrons. The lowest BCUT2D eigenvalue weighted by Gasteiger charge is -2.18. The molecule has 7 heteroatoms. The van der Waals surface area contributed by atoms with Crippen LogP contribution in [0.4, 0.5) is 10.1 Å². The highest BCUT2D eigenvalue weighted by atomic mass is 19.1. The highest BCUT2D eigenvalue weighted by molar-refractivity contribution is 5.94. The first-order valence-electron chi connectivity index (χ1n) is 6.97. The second kappa shape index (κ2) is 5.77. The highest BCUT2D eigenvalue weighted by Gasteiger charge is 2.33. The number of nitrogens with one attached hydrogen (secondary N) is 1. The zero-order valence-corrected chi connectivity index (χ0v) is 11.9. The van der Waals surface area contributed by atoms with Crippen LogP contribution >= 0.6 is 0 Å². The van der Waals surface area contributed by atoms with E-state index in [0.717, 1.165) is 5.56 Å². The van der Waals surface area contributed by atoms with E-state index < -0.39 is 28.8 Å². The lowest BCUT2D eigenvalue weighted by Crippen LogP contribution is -2.33. The number of non-ortho nitro benzene ring substituents is 1. The van der Waals surface area contributed by atoms with Gasteiger partial charge in [-0.15, -0.1) is 0 Å². The summed E-state index contributed by atoms with van der Waals surface area (Å²) < 4.78 is 12.9. The monoisotopic (exact) mass is 316 g/mol. The van der Waals surface area contributed by atoms with Gasteiger partial charge in [0.1, 0.15) is 5.82 Å². The number of nitro benzene ring substituents is 1. The van der Waals surface area contributed by atoms with E-state index in [1.165, 1.54) is 36.4 Å². The van der Waals surface area contributed by atoms with Crippen LogP contribution in [0.5, 0.6) is 0 Å². The molecule has 2 unspecified atom stereocenters. The van der Waals surface area contributed by atoms with Crippen molar-refractivity contribution in [1.29, 1.82) is 0 Å². The van der Waals surface area contributed by atoms with Crippen LogP contribution in [-0.4, -0.2) is 22.0 Å². The second-order valence-corrected chi connectivity index (χ2v) is 5.37. The smallest absolute Gasteiger partial charge is 0.269 e. The molecule has 0 aromatic heterocycles. The van der Waals surface area contributed by atoms with Crippen molar-refractivity contribution in [3.05, 3.63) is 75.1 Å². The number of nitrogens with zero attached hydrogens (tertiary/aromatic N) is 1. The summed E-state index contributed by atoms with van der Waals surface area (Å²) in [5, 5.41) is 23.7. The molecule has 0 aliphatic heterocycles. The molecule has 2 N–H and O–H groups in total. The number of aliphatic hydroxyl groups excluding tert-OH is 1. The highest BCUT2D eigenvalue weighted by Crippen LogP contribution is 2.34. The molecule has 0 heterocycles. The number of halogens is 1. The fraction of sp³-hybridized carbons (Fsp3) is 0.188. The number of carbonyl (C=O) groups is 1. The van der Waals surface area contributed by atoms with Crippen LogP contribution in [-0.2, 0) is 6.42 Å². The molecule has 1 aliphatic rings. The Labute approximate surface area is 130 Å². The van der Waals surface area contributed by atoms with Crippen molar-refractivity contribution in [2.24, 2.45) is 0 Å². The van der Waals surface area contributed by atoms with E-state index in [1.807, 2.05) is 0 Å². The molecule has 2 atom stereocenters. The van der Waals surface area contributed by atoms with Gasteiger partial charge in [0.25, 0.3) is 11.6 Å². The quantitative estimate of drug-likeness (QED) is 0.670. The van der Waals surface area contributed by atoms with Crippen LogP contribution in [0.15, 0.2) is 42.5 Å². The van der Waals surface area contributed by atoms with E-state index in [2.05, 4.69) is 5.32 Å². The van der Waals surface area contributed by atoms with E-state index >= 15 is 0 Å². The average Bonchev–Trinajstić information content (AvgIpc) is 2.83. The number of carbonyl (C=O) groups excluding carboxylic acids is 1. The fourth-order valence-corrected chi connectivity index (χ4v) is 2.72. The number of aliphatic hydroxyl groups is 1. The van der Waals surface area contributed by atoms with Crippen LogP contribution < -0.4 is 5.32 Å². The summed E-state index contributed by atoms with van der Waals surface area (Å²) in [6.07, 6.45) is -0.557. The fourth-order valence-electron chi connectivity index (χ4n) is 2.72. The van der Waals surface area contributed by atoms with Gasteiger partial charge >= 0.3 is 0 Å². The van der Waals surface area contributed by atoms with Crippen LogP contribution in [0.1, 0.15) is 27.5 Å². The Morgan fingerprint density at radius 1 is 1.26 bits per heavy atom. The second-order valence-electron chi connectivity index (χ2n) is 5.37. The Kier molecular flexibility index (Phi) is 3.79. The van der Waals surface area contributed by atoms with E-state index in [9.17, 15) is 24.4 Å². The zero-order chi connectivity index (χ0) is 16.6. The summed E-state index contributed by atoms with van der Waals surface area (Å²) in [5.74, 6) is -0.933. The predicted molar refractivity (Wildman–Crippen MR) is 79.4 cm³/mol. The van der Waals surface area contributed by atoms with Crippen molar-refractivity contribution in [2.45, 2.75) is 18.6 Å². The Balaban J connectivity index is 1.86. The third kappa shape index (κ3) is 2.91. The standard InChI is InChI=1S/C16H13FN2O4/c17-11-4-1-9(2-5-11)16(21)18-15-13-8-12(19(22)23)6-3-10(13)7-14(15)20/h1-6,8,14-15,20H,7H2,(H,18,21). The van der Waals surface area contributed by atoms with Gasteiger partial charge < -0.3 is 10.4 Å². The van der Waals surface area contributed by atoms with Gasteiger partial charge in [-0.2, -0.15) is 0 Å². The molecule has 0 fully saturated rings. The van der Waals surface area contributed by atoms with Crippen molar-refractivity contribution in [3.8, 4) is 0 Å². The minimum Gasteiger partial charge on any atom is -0.390 e. The van der Waals surface area contributed by atoms with Gasteiger partial charge in [-0.3, -0.25) is 14.9 Å². The molecule has 2 aromatic carbocycles.